The van der Waals surface area contributed by atoms with Crippen LogP contribution in [0.15, 0.2) is 16.8 Å². The second-order valence-electron chi connectivity index (χ2n) is 10.3. The normalized spacial score (nSPS) is 27.1. The van der Waals surface area contributed by atoms with Gasteiger partial charge in [-0.25, -0.2) is 0 Å². The molecule has 14 heteroatoms. The van der Waals surface area contributed by atoms with Crippen LogP contribution in [-0.2, 0) is 28.7 Å². The molecule has 0 aromatic heterocycles. The van der Waals surface area contributed by atoms with Crippen molar-refractivity contribution in [3.05, 3.63) is 22.1 Å². The standard InChI is InChI=1S/C26H42N8O6/c1-18-15-19(26(38)31-25(18)37)21-16-20(32-33-27)22(40-21)17-39-24(36)6-2-5-23(35)34-13-4-9-29-11-10-28-7-3-8-30-12-14-34/h15,19-22,28-30H,2-14,16-17H2,1H3,(H,31,37,38)/t19?,20-,21+,22+/m0/s1. The molecule has 4 N–H and O–H groups in total. The van der Waals surface area contributed by atoms with Crippen molar-refractivity contribution in [2.24, 2.45) is 11.0 Å². The monoisotopic (exact) mass is 562 g/mol. The summed E-state index contributed by atoms with van der Waals surface area (Å²) in [6, 6.07) is -0.620. The summed E-state index contributed by atoms with van der Waals surface area (Å²) < 4.78 is 11.3. The number of rotatable bonds is 8. The van der Waals surface area contributed by atoms with Gasteiger partial charge in [0.05, 0.1) is 18.1 Å². The number of esters is 1. The topological polar surface area (TPSA) is 187 Å². The Morgan fingerprint density at radius 3 is 2.55 bits per heavy atom. The van der Waals surface area contributed by atoms with E-state index in [1.54, 1.807) is 13.0 Å². The lowest BCUT2D eigenvalue weighted by molar-refractivity contribution is -0.149. The lowest BCUT2D eigenvalue weighted by Gasteiger charge is -2.24. The zero-order valence-electron chi connectivity index (χ0n) is 23.2. The molecule has 3 aliphatic rings. The summed E-state index contributed by atoms with van der Waals surface area (Å²) in [5, 5.41) is 16.2. The Morgan fingerprint density at radius 2 is 1.80 bits per heavy atom. The van der Waals surface area contributed by atoms with Crippen LogP contribution >= 0.6 is 0 Å². The zero-order valence-corrected chi connectivity index (χ0v) is 23.2. The van der Waals surface area contributed by atoms with Gasteiger partial charge in [0.2, 0.25) is 11.8 Å². The molecule has 3 aliphatic heterocycles. The smallest absolute Gasteiger partial charge is 0.305 e. The highest BCUT2D eigenvalue weighted by atomic mass is 16.6. The molecule has 0 saturated carbocycles. The maximum absolute atomic E-state index is 12.8. The van der Waals surface area contributed by atoms with Gasteiger partial charge in [-0.2, -0.15) is 0 Å². The minimum Gasteiger partial charge on any atom is -0.463 e. The summed E-state index contributed by atoms with van der Waals surface area (Å²) in [4.78, 5) is 54.0. The number of hydrogen-bond acceptors (Lipinski definition) is 10. The van der Waals surface area contributed by atoms with Gasteiger partial charge in [0.1, 0.15) is 12.7 Å². The molecule has 1 unspecified atom stereocenters. The van der Waals surface area contributed by atoms with Crippen molar-refractivity contribution in [2.75, 3.05) is 59.0 Å². The summed E-state index contributed by atoms with van der Waals surface area (Å²) in [6.07, 6.45) is 3.05. The predicted octanol–water partition coefficient (Wildman–Crippen LogP) is 0.146. The third-order valence-electron chi connectivity index (χ3n) is 7.24. The van der Waals surface area contributed by atoms with Crippen molar-refractivity contribution in [1.82, 2.24) is 26.2 Å². The van der Waals surface area contributed by atoms with Crippen LogP contribution in [0.2, 0.25) is 0 Å². The highest BCUT2D eigenvalue weighted by Crippen LogP contribution is 2.31. The van der Waals surface area contributed by atoms with Crippen LogP contribution in [0.25, 0.3) is 10.4 Å². The third kappa shape index (κ3) is 10.2. The van der Waals surface area contributed by atoms with Gasteiger partial charge in [0.25, 0.3) is 5.91 Å². The average molecular weight is 563 g/mol. The van der Waals surface area contributed by atoms with Gasteiger partial charge in [-0.3, -0.25) is 24.5 Å². The Hall–Kier alpha value is -3.03. The number of azide groups is 1. The van der Waals surface area contributed by atoms with Crippen LogP contribution in [0, 0.1) is 5.92 Å². The fourth-order valence-corrected chi connectivity index (χ4v) is 4.97. The van der Waals surface area contributed by atoms with Gasteiger partial charge >= 0.3 is 5.97 Å². The second-order valence-corrected chi connectivity index (χ2v) is 10.3. The average Bonchev–Trinajstić information content (AvgIpc) is 3.33. The minimum atomic E-state index is -0.710. The van der Waals surface area contributed by atoms with E-state index in [1.165, 1.54) is 0 Å². The highest BCUT2D eigenvalue weighted by Gasteiger charge is 2.42. The fraction of sp³-hybridized carbons (Fsp3) is 0.769. The Kier molecular flexibility index (Phi) is 13.3. The lowest BCUT2D eigenvalue weighted by Crippen LogP contribution is -2.44. The Bertz CT molecular complexity index is 955. The number of hydrogen-bond donors (Lipinski definition) is 4. The van der Waals surface area contributed by atoms with Gasteiger partial charge in [-0.05, 0) is 57.8 Å². The molecule has 0 aromatic carbocycles. The van der Waals surface area contributed by atoms with Crippen molar-refractivity contribution in [3.8, 4) is 0 Å². The molecule has 40 heavy (non-hydrogen) atoms. The van der Waals surface area contributed by atoms with Gasteiger partial charge in [0.15, 0.2) is 0 Å². The summed E-state index contributed by atoms with van der Waals surface area (Å²) in [7, 11) is 0. The van der Waals surface area contributed by atoms with E-state index in [1.807, 2.05) is 4.90 Å². The van der Waals surface area contributed by atoms with E-state index in [-0.39, 0.29) is 31.8 Å². The molecule has 3 amide bonds. The van der Waals surface area contributed by atoms with Gasteiger partial charge in [-0.15, -0.1) is 0 Å². The second kappa shape index (κ2) is 16.9. The largest absolute Gasteiger partial charge is 0.463 e. The van der Waals surface area contributed by atoms with Crippen LogP contribution in [0.5, 0.6) is 0 Å². The van der Waals surface area contributed by atoms with Crippen molar-refractivity contribution >= 4 is 23.7 Å². The summed E-state index contributed by atoms with van der Waals surface area (Å²) in [5.74, 6) is -2.09. The summed E-state index contributed by atoms with van der Waals surface area (Å²) in [6.45, 7) is 8.00. The first-order valence-electron chi connectivity index (χ1n) is 14.2. The zero-order chi connectivity index (χ0) is 28.7. The van der Waals surface area contributed by atoms with Gasteiger partial charge in [-0.1, -0.05) is 11.2 Å². The number of nitrogens with zero attached hydrogens (tertiary/aromatic N) is 4. The van der Waals surface area contributed by atoms with E-state index < -0.39 is 42.0 Å². The van der Waals surface area contributed by atoms with Crippen molar-refractivity contribution < 1.29 is 28.7 Å². The number of imide groups is 1. The lowest BCUT2D eigenvalue weighted by atomic mass is 9.92. The maximum Gasteiger partial charge on any atom is 0.305 e. The van der Waals surface area contributed by atoms with Crippen LogP contribution in [0.4, 0.5) is 0 Å². The molecular formula is C26H42N8O6. The fourth-order valence-electron chi connectivity index (χ4n) is 4.97. The first-order valence-corrected chi connectivity index (χ1v) is 14.2. The molecule has 14 nitrogen and oxygen atoms in total. The molecule has 0 aliphatic carbocycles. The number of carbonyl (C=O) groups is 4. The van der Waals surface area contributed by atoms with E-state index in [9.17, 15) is 19.2 Å². The van der Waals surface area contributed by atoms with E-state index in [0.717, 1.165) is 52.1 Å². The molecule has 2 fully saturated rings. The molecule has 0 bridgehead atoms. The van der Waals surface area contributed by atoms with Crippen LogP contribution in [-0.4, -0.2) is 106 Å². The number of carbonyl (C=O) groups excluding carboxylic acids is 4. The van der Waals surface area contributed by atoms with Crippen LogP contribution in [0.1, 0.15) is 45.4 Å². The number of nitrogens with one attached hydrogen (secondary N) is 4. The van der Waals surface area contributed by atoms with Crippen molar-refractivity contribution in [1.29, 1.82) is 0 Å². The number of amides is 3. The predicted molar refractivity (Wildman–Crippen MR) is 146 cm³/mol. The highest BCUT2D eigenvalue weighted by molar-refractivity contribution is 6.08. The Balaban J connectivity index is 1.42. The van der Waals surface area contributed by atoms with E-state index >= 15 is 0 Å². The van der Waals surface area contributed by atoms with E-state index in [4.69, 9.17) is 15.0 Å². The molecule has 0 aromatic rings. The van der Waals surface area contributed by atoms with E-state index in [2.05, 4.69) is 31.3 Å². The molecule has 0 spiro atoms. The Morgan fingerprint density at radius 1 is 1.07 bits per heavy atom. The number of ether oxygens (including phenoxy) is 2. The van der Waals surface area contributed by atoms with Gasteiger partial charge in [0, 0.05) is 56.1 Å². The summed E-state index contributed by atoms with van der Waals surface area (Å²) in [5.41, 5.74) is 9.35. The van der Waals surface area contributed by atoms with Gasteiger partial charge < -0.3 is 30.3 Å². The van der Waals surface area contributed by atoms with E-state index in [0.29, 0.717) is 25.1 Å². The molecule has 0 radical (unpaired) electrons. The molecule has 3 heterocycles. The maximum atomic E-state index is 12.8. The van der Waals surface area contributed by atoms with Crippen LogP contribution in [0.3, 0.4) is 0 Å². The van der Waals surface area contributed by atoms with Crippen LogP contribution < -0.4 is 21.3 Å². The quantitative estimate of drug-likeness (QED) is 0.105. The molecule has 2 saturated heterocycles. The first-order chi connectivity index (χ1) is 19.4. The van der Waals surface area contributed by atoms with Crippen molar-refractivity contribution in [2.45, 2.75) is 63.7 Å². The Labute approximate surface area is 234 Å². The molecule has 3 rings (SSSR count). The first kappa shape index (κ1) is 31.5. The molecule has 222 valence electrons. The summed E-state index contributed by atoms with van der Waals surface area (Å²) >= 11 is 0. The third-order valence-corrected chi connectivity index (χ3v) is 7.24. The molecular weight excluding hydrogens is 520 g/mol. The molecule has 4 atom stereocenters. The SMILES string of the molecule is CC1=CC([C@H]2C[C@H](N=[N+]=[N-])[C@@H](COC(=O)CCCC(=O)N3CCCNCCNCCCNCC3)O2)C(=O)NC1=O. The minimum absolute atomic E-state index is 0.0151. The van der Waals surface area contributed by atoms with Crippen molar-refractivity contribution in [3.63, 3.8) is 0 Å².